The highest BCUT2D eigenvalue weighted by atomic mass is 35.5. The maximum atomic E-state index is 12.7. The molecule has 3 rings (SSSR count). The van der Waals surface area contributed by atoms with E-state index in [1.54, 1.807) is 43.3 Å². The van der Waals surface area contributed by atoms with Gasteiger partial charge in [-0.15, -0.1) is 4.40 Å². The Morgan fingerprint density at radius 3 is 2.35 bits per heavy atom. The Morgan fingerprint density at radius 2 is 1.77 bits per heavy atom. The number of aryl methyl sites for hydroxylation is 1. The first kappa shape index (κ1) is 23.3. The summed E-state index contributed by atoms with van der Waals surface area (Å²) >= 11 is 6.82. The number of nitrogens with zero attached hydrogens (tertiary/aromatic N) is 2. The van der Waals surface area contributed by atoms with Crippen LogP contribution in [0.15, 0.2) is 57.8 Å². The Labute approximate surface area is 190 Å². The molecule has 2 aromatic rings. The fourth-order valence-corrected chi connectivity index (χ4v) is 5.51. The molecule has 1 fully saturated rings. The molecule has 7 nitrogen and oxygen atoms in total. The standard InChI is InChI=1S/C21H22ClN3O4S2/c1-3-14-5-11-17(12-6-14)31(28,29)24-21-25(4-2)20(27)18(30-21)13-19(26)23-16-9-7-15(22)8-10-16/h5-12,18H,3-4,13H2,1-2H3,(H,23,26)/b24-21+. The van der Waals surface area contributed by atoms with Gasteiger partial charge < -0.3 is 5.32 Å². The number of carbonyl (C=O) groups excluding carboxylic acids is 2. The van der Waals surface area contributed by atoms with E-state index in [1.807, 2.05) is 6.92 Å². The second-order valence-corrected chi connectivity index (χ2v) is 10.0. The van der Waals surface area contributed by atoms with E-state index in [-0.39, 0.29) is 34.8 Å². The smallest absolute Gasteiger partial charge is 0.284 e. The number of amidine groups is 1. The Bertz CT molecular complexity index is 1100. The van der Waals surface area contributed by atoms with Gasteiger partial charge in [-0.1, -0.05) is 42.4 Å². The summed E-state index contributed by atoms with van der Waals surface area (Å²) in [6, 6.07) is 13.1. The number of anilines is 1. The topological polar surface area (TPSA) is 95.9 Å². The summed E-state index contributed by atoms with van der Waals surface area (Å²) in [4.78, 5) is 26.5. The van der Waals surface area contributed by atoms with E-state index in [0.29, 0.717) is 10.7 Å². The molecule has 1 unspecified atom stereocenters. The maximum Gasteiger partial charge on any atom is 0.284 e. The minimum absolute atomic E-state index is 0.0604. The first-order valence-electron chi connectivity index (χ1n) is 9.71. The first-order valence-corrected chi connectivity index (χ1v) is 12.4. The average Bonchev–Trinajstić information content (AvgIpc) is 3.02. The molecule has 1 heterocycles. The second-order valence-electron chi connectivity index (χ2n) is 6.79. The Balaban J connectivity index is 1.75. The monoisotopic (exact) mass is 479 g/mol. The van der Waals surface area contributed by atoms with Crippen LogP contribution in [0.3, 0.4) is 0 Å². The third kappa shape index (κ3) is 5.66. The average molecular weight is 480 g/mol. The summed E-state index contributed by atoms with van der Waals surface area (Å²) in [6.07, 6.45) is 0.690. The third-order valence-electron chi connectivity index (χ3n) is 4.66. The number of thioether (sulfide) groups is 1. The van der Waals surface area contributed by atoms with Crippen molar-refractivity contribution in [3.8, 4) is 0 Å². The lowest BCUT2D eigenvalue weighted by Gasteiger charge is -2.13. The molecule has 1 N–H and O–H groups in total. The maximum absolute atomic E-state index is 12.7. The predicted octanol–water partition coefficient (Wildman–Crippen LogP) is 3.94. The zero-order valence-corrected chi connectivity index (χ0v) is 19.4. The molecule has 0 bridgehead atoms. The van der Waals surface area contributed by atoms with Crippen LogP contribution in [0.5, 0.6) is 0 Å². The van der Waals surface area contributed by atoms with Gasteiger partial charge in [0.1, 0.15) is 5.25 Å². The van der Waals surface area contributed by atoms with Crippen LogP contribution in [0.1, 0.15) is 25.8 Å². The lowest BCUT2D eigenvalue weighted by molar-refractivity contribution is -0.128. The molecule has 0 aliphatic carbocycles. The third-order valence-corrected chi connectivity index (χ3v) is 7.49. The molecular weight excluding hydrogens is 458 g/mol. The molecule has 1 aliphatic heterocycles. The van der Waals surface area contributed by atoms with E-state index >= 15 is 0 Å². The van der Waals surface area contributed by atoms with Crippen molar-refractivity contribution in [3.05, 3.63) is 59.1 Å². The van der Waals surface area contributed by atoms with E-state index in [4.69, 9.17) is 11.6 Å². The van der Waals surface area contributed by atoms with Crippen LogP contribution in [-0.4, -0.2) is 42.1 Å². The van der Waals surface area contributed by atoms with Crippen molar-refractivity contribution in [1.29, 1.82) is 0 Å². The largest absolute Gasteiger partial charge is 0.326 e. The van der Waals surface area contributed by atoms with E-state index in [9.17, 15) is 18.0 Å². The summed E-state index contributed by atoms with van der Waals surface area (Å²) in [5, 5.41) is 2.59. The zero-order chi connectivity index (χ0) is 22.6. The van der Waals surface area contributed by atoms with E-state index in [0.717, 1.165) is 23.7 Å². The van der Waals surface area contributed by atoms with Crippen LogP contribution in [0, 0.1) is 0 Å². The number of sulfonamides is 1. The van der Waals surface area contributed by atoms with Crippen LogP contribution in [0.2, 0.25) is 5.02 Å². The van der Waals surface area contributed by atoms with Gasteiger partial charge >= 0.3 is 0 Å². The van der Waals surface area contributed by atoms with Gasteiger partial charge in [-0.3, -0.25) is 14.5 Å². The molecule has 0 aromatic heterocycles. The number of amides is 2. The number of rotatable bonds is 7. The SMILES string of the molecule is CCc1ccc(S(=O)(=O)/N=C2/SC(CC(=O)Nc3ccc(Cl)cc3)C(=O)N2CC)cc1. The van der Waals surface area contributed by atoms with Crippen molar-refractivity contribution in [2.45, 2.75) is 36.8 Å². The highest BCUT2D eigenvalue weighted by Crippen LogP contribution is 2.31. The van der Waals surface area contributed by atoms with Gasteiger partial charge in [0, 0.05) is 23.7 Å². The number of benzene rings is 2. The van der Waals surface area contributed by atoms with Crippen molar-refractivity contribution < 1.29 is 18.0 Å². The van der Waals surface area contributed by atoms with Crippen molar-refractivity contribution in [2.24, 2.45) is 4.40 Å². The summed E-state index contributed by atoms with van der Waals surface area (Å²) in [7, 11) is -3.98. The molecule has 1 saturated heterocycles. The molecule has 0 spiro atoms. The highest BCUT2D eigenvalue weighted by Gasteiger charge is 2.39. The van der Waals surface area contributed by atoms with E-state index < -0.39 is 15.3 Å². The van der Waals surface area contributed by atoms with Gasteiger partial charge in [-0.2, -0.15) is 8.42 Å². The Kier molecular flexibility index (Phi) is 7.40. The highest BCUT2D eigenvalue weighted by molar-refractivity contribution is 8.16. The predicted molar refractivity (Wildman–Crippen MR) is 124 cm³/mol. The van der Waals surface area contributed by atoms with Crippen LogP contribution >= 0.6 is 23.4 Å². The zero-order valence-electron chi connectivity index (χ0n) is 17.0. The van der Waals surface area contributed by atoms with Crippen LogP contribution in [0.25, 0.3) is 0 Å². The van der Waals surface area contributed by atoms with Gasteiger partial charge in [-0.05, 0) is 55.3 Å². The van der Waals surface area contributed by atoms with Crippen LogP contribution < -0.4 is 5.32 Å². The second kappa shape index (κ2) is 9.84. The number of carbonyl (C=O) groups is 2. The van der Waals surface area contributed by atoms with Crippen molar-refractivity contribution in [1.82, 2.24) is 4.90 Å². The van der Waals surface area contributed by atoms with Gasteiger partial charge in [0.15, 0.2) is 5.17 Å². The van der Waals surface area contributed by atoms with E-state index in [1.165, 1.54) is 17.0 Å². The summed E-state index contributed by atoms with van der Waals surface area (Å²) in [5.41, 5.74) is 1.57. The van der Waals surface area contributed by atoms with Gasteiger partial charge in [-0.25, -0.2) is 0 Å². The van der Waals surface area contributed by atoms with Gasteiger partial charge in [0.05, 0.1) is 4.90 Å². The quantitative estimate of drug-likeness (QED) is 0.648. The van der Waals surface area contributed by atoms with Crippen molar-refractivity contribution >= 4 is 56.1 Å². The van der Waals surface area contributed by atoms with Crippen molar-refractivity contribution in [2.75, 3.05) is 11.9 Å². The first-order chi connectivity index (χ1) is 14.7. The van der Waals surface area contributed by atoms with Gasteiger partial charge in [0.25, 0.3) is 10.0 Å². The summed E-state index contributed by atoms with van der Waals surface area (Å²) in [5.74, 6) is -0.697. The fraction of sp³-hybridized carbons (Fsp3) is 0.286. The number of hydrogen-bond acceptors (Lipinski definition) is 5. The fourth-order valence-electron chi connectivity index (χ4n) is 2.97. The van der Waals surface area contributed by atoms with Crippen LogP contribution in [-0.2, 0) is 26.0 Å². The molecular formula is C21H22ClN3O4S2. The summed E-state index contributed by atoms with van der Waals surface area (Å²) < 4.78 is 29.3. The molecule has 10 heteroatoms. The van der Waals surface area contributed by atoms with Crippen molar-refractivity contribution in [3.63, 3.8) is 0 Å². The van der Waals surface area contributed by atoms with Crippen LogP contribution in [0.4, 0.5) is 5.69 Å². The van der Waals surface area contributed by atoms with Gasteiger partial charge in [0.2, 0.25) is 11.8 Å². The minimum atomic E-state index is -3.98. The Hall–Kier alpha value is -2.36. The van der Waals surface area contributed by atoms with E-state index in [2.05, 4.69) is 9.71 Å². The molecule has 2 aromatic carbocycles. The minimum Gasteiger partial charge on any atom is -0.326 e. The molecule has 1 atom stereocenters. The molecule has 0 saturated carbocycles. The Morgan fingerprint density at radius 1 is 1.13 bits per heavy atom. The summed E-state index contributed by atoms with van der Waals surface area (Å²) in [6.45, 7) is 3.96. The normalized spacial score (nSPS) is 17.9. The lowest BCUT2D eigenvalue weighted by Crippen LogP contribution is -2.33. The molecule has 1 aliphatic rings. The number of nitrogens with one attached hydrogen (secondary N) is 1. The lowest BCUT2D eigenvalue weighted by atomic mass is 10.2. The molecule has 31 heavy (non-hydrogen) atoms. The molecule has 2 amide bonds. The number of hydrogen-bond donors (Lipinski definition) is 1. The number of halogens is 1. The molecule has 0 radical (unpaired) electrons. The molecule has 164 valence electrons.